The van der Waals surface area contributed by atoms with E-state index in [1.54, 1.807) is 12.4 Å². The Balaban J connectivity index is 1.36. The molecule has 1 aliphatic heterocycles. The molecule has 1 amide bonds. The summed E-state index contributed by atoms with van der Waals surface area (Å²) < 4.78 is 0. The maximum Gasteiger partial charge on any atom is 0.220 e. The summed E-state index contributed by atoms with van der Waals surface area (Å²) in [6.07, 6.45) is 6.98. The van der Waals surface area contributed by atoms with E-state index in [4.69, 9.17) is 0 Å². The fourth-order valence-electron chi connectivity index (χ4n) is 2.97. The van der Waals surface area contributed by atoms with E-state index >= 15 is 0 Å². The third-order valence-corrected chi connectivity index (χ3v) is 5.16. The second-order valence-corrected chi connectivity index (χ2v) is 7.09. The Hall–Kier alpha value is -1.72. The van der Waals surface area contributed by atoms with Crippen molar-refractivity contribution in [2.24, 2.45) is 0 Å². The highest BCUT2D eigenvalue weighted by Gasteiger charge is 2.20. The molecule has 0 aromatic carbocycles. The molecule has 0 spiro atoms. The third kappa shape index (κ3) is 5.15. The van der Waals surface area contributed by atoms with Gasteiger partial charge in [0.1, 0.15) is 0 Å². The van der Waals surface area contributed by atoms with Crippen LogP contribution in [0.3, 0.4) is 0 Å². The zero-order chi connectivity index (χ0) is 15.9. The largest absolute Gasteiger partial charge is 0.353 e. The van der Waals surface area contributed by atoms with Crippen molar-refractivity contribution in [3.63, 3.8) is 0 Å². The average molecular weight is 329 g/mol. The van der Waals surface area contributed by atoms with Gasteiger partial charge in [-0.15, -0.1) is 11.3 Å². The third-order valence-electron chi connectivity index (χ3n) is 4.30. The molecule has 0 saturated carbocycles. The first-order chi connectivity index (χ1) is 11.3. The van der Waals surface area contributed by atoms with Crippen molar-refractivity contribution >= 4 is 17.2 Å². The van der Waals surface area contributed by atoms with Gasteiger partial charge in [0.05, 0.1) is 0 Å². The maximum absolute atomic E-state index is 12.1. The quantitative estimate of drug-likeness (QED) is 0.886. The molecule has 3 rings (SSSR count). The zero-order valence-corrected chi connectivity index (χ0v) is 14.1. The minimum atomic E-state index is 0.165. The fourth-order valence-corrected chi connectivity index (χ4v) is 3.71. The Labute approximate surface area is 141 Å². The normalized spacial score (nSPS) is 16.3. The Morgan fingerprint density at radius 2 is 2.04 bits per heavy atom. The zero-order valence-electron chi connectivity index (χ0n) is 13.3. The predicted molar refractivity (Wildman–Crippen MR) is 93.3 cm³/mol. The lowest BCUT2D eigenvalue weighted by atomic mass is 10.0. The molecule has 23 heavy (non-hydrogen) atoms. The first kappa shape index (κ1) is 16.1. The summed E-state index contributed by atoms with van der Waals surface area (Å²) in [4.78, 5) is 20.0. The number of hydrogen-bond donors (Lipinski definition) is 1. The van der Waals surface area contributed by atoms with E-state index in [1.165, 1.54) is 10.4 Å². The van der Waals surface area contributed by atoms with Crippen LogP contribution in [0.25, 0.3) is 0 Å². The van der Waals surface area contributed by atoms with E-state index in [9.17, 15) is 4.79 Å². The minimum Gasteiger partial charge on any atom is -0.353 e. The van der Waals surface area contributed by atoms with Crippen LogP contribution in [0, 0.1) is 0 Å². The minimum absolute atomic E-state index is 0.165. The number of amides is 1. The first-order valence-corrected chi connectivity index (χ1v) is 9.10. The molecule has 1 N–H and O–H groups in total. The molecule has 3 heterocycles. The van der Waals surface area contributed by atoms with Crippen molar-refractivity contribution in [2.75, 3.05) is 13.1 Å². The number of aromatic nitrogens is 1. The van der Waals surface area contributed by atoms with Crippen LogP contribution in [-0.4, -0.2) is 34.9 Å². The van der Waals surface area contributed by atoms with Crippen LogP contribution in [0.5, 0.6) is 0 Å². The summed E-state index contributed by atoms with van der Waals surface area (Å²) in [5, 5.41) is 5.32. The van der Waals surface area contributed by atoms with Gasteiger partial charge >= 0.3 is 0 Å². The van der Waals surface area contributed by atoms with Gasteiger partial charge in [0.25, 0.3) is 0 Å². The number of pyridine rings is 1. The van der Waals surface area contributed by atoms with Gasteiger partial charge < -0.3 is 5.32 Å². The van der Waals surface area contributed by atoms with Crippen LogP contribution >= 0.6 is 11.3 Å². The fraction of sp³-hybridized carbons (Fsp3) is 0.444. The van der Waals surface area contributed by atoms with Crippen molar-refractivity contribution in [1.29, 1.82) is 0 Å². The molecular weight excluding hydrogens is 306 g/mol. The summed E-state index contributed by atoms with van der Waals surface area (Å²) in [5.74, 6) is 0.165. The molecular formula is C18H23N3OS. The van der Waals surface area contributed by atoms with Crippen molar-refractivity contribution in [3.05, 3.63) is 52.5 Å². The number of likely N-dealkylation sites (tertiary alicyclic amines) is 1. The molecule has 1 fully saturated rings. The topological polar surface area (TPSA) is 45.2 Å². The van der Waals surface area contributed by atoms with Gasteiger partial charge in [-0.05, 0) is 48.4 Å². The van der Waals surface area contributed by atoms with E-state index < -0.39 is 0 Å². The lowest BCUT2D eigenvalue weighted by molar-refractivity contribution is -0.122. The summed E-state index contributed by atoms with van der Waals surface area (Å²) in [6.45, 7) is 3.17. The molecule has 2 aromatic rings. The summed E-state index contributed by atoms with van der Waals surface area (Å²) in [6, 6.07) is 8.57. The van der Waals surface area contributed by atoms with Gasteiger partial charge in [0, 0.05) is 49.4 Å². The molecule has 0 unspecified atom stereocenters. The molecule has 0 aliphatic carbocycles. The number of carbonyl (C=O) groups is 1. The van der Waals surface area contributed by atoms with E-state index in [2.05, 4.69) is 32.7 Å². The van der Waals surface area contributed by atoms with E-state index in [-0.39, 0.29) is 5.91 Å². The van der Waals surface area contributed by atoms with Gasteiger partial charge in [-0.3, -0.25) is 14.7 Å². The van der Waals surface area contributed by atoms with Gasteiger partial charge in [-0.1, -0.05) is 6.07 Å². The molecule has 1 aliphatic rings. The number of piperidine rings is 1. The number of nitrogens with one attached hydrogen (secondary N) is 1. The van der Waals surface area contributed by atoms with Gasteiger partial charge in [-0.2, -0.15) is 0 Å². The molecule has 122 valence electrons. The Morgan fingerprint density at radius 1 is 1.26 bits per heavy atom. The number of hydrogen-bond acceptors (Lipinski definition) is 4. The smallest absolute Gasteiger partial charge is 0.220 e. The Bertz CT molecular complexity index is 592. The first-order valence-electron chi connectivity index (χ1n) is 8.22. The van der Waals surface area contributed by atoms with E-state index in [0.717, 1.165) is 38.9 Å². The lowest BCUT2D eigenvalue weighted by Crippen LogP contribution is -2.44. The van der Waals surface area contributed by atoms with Crippen molar-refractivity contribution in [3.8, 4) is 0 Å². The molecule has 5 heteroatoms. The van der Waals surface area contributed by atoms with Crippen molar-refractivity contribution < 1.29 is 4.79 Å². The molecule has 1 saturated heterocycles. The van der Waals surface area contributed by atoms with Crippen LogP contribution in [0.2, 0.25) is 0 Å². The number of nitrogens with zero attached hydrogens (tertiary/aromatic N) is 2. The molecule has 2 aromatic heterocycles. The standard InChI is InChI=1S/C18H23N3OS/c22-18(4-3-15-5-9-19-10-6-15)20-16-7-11-21(12-8-16)14-17-2-1-13-23-17/h1-2,5-6,9-10,13,16H,3-4,7-8,11-12,14H2,(H,20,22). The molecule has 0 atom stereocenters. The molecule has 0 bridgehead atoms. The molecule has 4 nitrogen and oxygen atoms in total. The average Bonchev–Trinajstić information content (AvgIpc) is 3.09. The second-order valence-electron chi connectivity index (χ2n) is 6.05. The van der Waals surface area contributed by atoms with Gasteiger partial charge in [0.2, 0.25) is 5.91 Å². The van der Waals surface area contributed by atoms with Crippen LogP contribution < -0.4 is 5.32 Å². The highest BCUT2D eigenvalue weighted by molar-refractivity contribution is 7.09. The Morgan fingerprint density at radius 3 is 2.74 bits per heavy atom. The van der Waals surface area contributed by atoms with Crippen LogP contribution in [0.15, 0.2) is 42.0 Å². The number of aryl methyl sites for hydroxylation is 1. The summed E-state index contributed by atoms with van der Waals surface area (Å²) in [5.41, 5.74) is 1.17. The van der Waals surface area contributed by atoms with Gasteiger partial charge in [-0.25, -0.2) is 0 Å². The van der Waals surface area contributed by atoms with Crippen molar-refractivity contribution in [2.45, 2.75) is 38.3 Å². The number of rotatable bonds is 6. The molecule has 0 radical (unpaired) electrons. The van der Waals surface area contributed by atoms with Gasteiger partial charge in [0.15, 0.2) is 0 Å². The predicted octanol–water partition coefficient (Wildman–Crippen LogP) is 2.86. The summed E-state index contributed by atoms with van der Waals surface area (Å²) in [7, 11) is 0. The van der Waals surface area contributed by atoms with Crippen LogP contribution in [0.4, 0.5) is 0 Å². The number of thiophene rings is 1. The highest BCUT2D eigenvalue weighted by Crippen LogP contribution is 2.17. The maximum atomic E-state index is 12.1. The Kier molecular flexibility index (Phi) is 5.77. The lowest BCUT2D eigenvalue weighted by Gasteiger charge is -2.32. The highest BCUT2D eigenvalue weighted by atomic mass is 32.1. The summed E-state index contributed by atoms with van der Waals surface area (Å²) >= 11 is 1.82. The van der Waals surface area contributed by atoms with Crippen LogP contribution in [-0.2, 0) is 17.8 Å². The van der Waals surface area contributed by atoms with Crippen LogP contribution in [0.1, 0.15) is 29.7 Å². The SMILES string of the molecule is O=C(CCc1ccncc1)NC1CCN(Cc2cccs2)CC1. The number of carbonyl (C=O) groups excluding carboxylic acids is 1. The van der Waals surface area contributed by atoms with E-state index in [1.807, 2.05) is 23.5 Å². The second kappa shape index (κ2) is 8.22. The monoisotopic (exact) mass is 329 g/mol. The van der Waals surface area contributed by atoms with Crippen molar-refractivity contribution in [1.82, 2.24) is 15.2 Å². The van der Waals surface area contributed by atoms with E-state index in [0.29, 0.717) is 12.5 Å².